The van der Waals surface area contributed by atoms with Crippen LogP contribution in [0.4, 0.5) is 0 Å². The van der Waals surface area contributed by atoms with Crippen molar-refractivity contribution in [1.82, 2.24) is 9.88 Å². The van der Waals surface area contributed by atoms with Gasteiger partial charge >= 0.3 is 0 Å². The van der Waals surface area contributed by atoms with E-state index in [1.165, 1.54) is 49.6 Å². The first-order valence-corrected chi connectivity index (χ1v) is 7.97. The lowest BCUT2D eigenvalue weighted by Crippen LogP contribution is -2.34. The van der Waals surface area contributed by atoms with Gasteiger partial charge < -0.3 is 10.6 Å². The third-order valence-electron chi connectivity index (χ3n) is 4.05. The van der Waals surface area contributed by atoms with Crippen LogP contribution < -0.4 is 5.73 Å². The molecule has 1 saturated heterocycles. The number of aromatic nitrogens is 1. The van der Waals surface area contributed by atoms with Crippen LogP contribution in [0.1, 0.15) is 43.3 Å². The summed E-state index contributed by atoms with van der Waals surface area (Å²) in [7, 11) is 0. The van der Waals surface area contributed by atoms with Gasteiger partial charge in [0, 0.05) is 24.3 Å². The van der Waals surface area contributed by atoms with E-state index in [0.717, 1.165) is 5.92 Å². The van der Waals surface area contributed by atoms with Crippen molar-refractivity contribution in [2.24, 2.45) is 11.7 Å². The maximum atomic E-state index is 5.69. The molecule has 102 valence electrons. The fourth-order valence-corrected chi connectivity index (χ4v) is 3.55. The fraction of sp³-hybridized carbons (Fsp3) is 0.786. The predicted octanol–water partition coefficient (Wildman–Crippen LogP) is 2.48. The number of likely N-dealkylation sites (tertiary alicyclic amines) is 1. The smallest absolute Gasteiger partial charge is 0.0931 e. The van der Waals surface area contributed by atoms with E-state index < -0.39 is 0 Å². The molecule has 1 aliphatic rings. The van der Waals surface area contributed by atoms with E-state index in [1.54, 1.807) is 0 Å². The van der Waals surface area contributed by atoms with E-state index in [9.17, 15) is 0 Å². The summed E-state index contributed by atoms with van der Waals surface area (Å²) in [6.45, 7) is 8.82. The average Bonchev–Trinajstić information content (AvgIpc) is 2.87. The molecule has 0 radical (unpaired) electrons. The van der Waals surface area contributed by atoms with Gasteiger partial charge in [-0.2, -0.15) is 0 Å². The monoisotopic (exact) mass is 267 g/mol. The molecule has 0 spiro atoms. The molecule has 0 bridgehead atoms. The van der Waals surface area contributed by atoms with E-state index in [4.69, 9.17) is 10.7 Å². The molecule has 1 atom stereocenters. The van der Waals surface area contributed by atoms with E-state index in [1.807, 2.05) is 11.3 Å². The van der Waals surface area contributed by atoms with Crippen LogP contribution in [-0.2, 0) is 6.42 Å². The Balaban J connectivity index is 1.85. The average molecular weight is 267 g/mol. The zero-order chi connectivity index (χ0) is 13.0. The number of thiazole rings is 1. The van der Waals surface area contributed by atoms with Crippen LogP contribution in [0.15, 0.2) is 5.38 Å². The highest BCUT2D eigenvalue weighted by molar-refractivity contribution is 7.09. The summed E-state index contributed by atoms with van der Waals surface area (Å²) in [5.41, 5.74) is 6.87. The molecular weight excluding hydrogens is 242 g/mol. The molecule has 1 aromatic heterocycles. The molecule has 0 saturated carbocycles. The van der Waals surface area contributed by atoms with Crippen LogP contribution in [0.25, 0.3) is 0 Å². The fourth-order valence-electron chi connectivity index (χ4n) is 2.52. The summed E-state index contributed by atoms with van der Waals surface area (Å²) < 4.78 is 0. The molecule has 1 unspecified atom stereocenters. The lowest BCUT2D eigenvalue weighted by atomic mass is 9.94. The summed E-state index contributed by atoms with van der Waals surface area (Å²) in [6, 6.07) is 0. The van der Waals surface area contributed by atoms with Crippen molar-refractivity contribution in [3.05, 3.63) is 16.1 Å². The Morgan fingerprint density at radius 3 is 2.83 bits per heavy atom. The van der Waals surface area contributed by atoms with Crippen molar-refractivity contribution in [2.75, 3.05) is 26.2 Å². The molecule has 2 N–H and O–H groups in total. The SMILES string of the molecule is CCN1CCC(Cc2nc(C(C)CN)cs2)CC1. The van der Waals surface area contributed by atoms with Gasteiger partial charge in [0.1, 0.15) is 0 Å². The van der Waals surface area contributed by atoms with Gasteiger partial charge in [0.05, 0.1) is 10.7 Å². The molecule has 18 heavy (non-hydrogen) atoms. The van der Waals surface area contributed by atoms with Crippen molar-refractivity contribution in [1.29, 1.82) is 0 Å². The standard InChI is InChI=1S/C14H25N3S/c1-3-17-6-4-12(5-7-17)8-14-16-13(10-18-14)11(2)9-15/h10-12H,3-9,15H2,1-2H3. The van der Waals surface area contributed by atoms with Gasteiger partial charge in [0.2, 0.25) is 0 Å². The number of nitrogens with zero attached hydrogens (tertiary/aromatic N) is 2. The highest BCUT2D eigenvalue weighted by Gasteiger charge is 2.19. The number of hydrogen-bond donors (Lipinski definition) is 1. The zero-order valence-corrected chi connectivity index (χ0v) is 12.4. The van der Waals surface area contributed by atoms with Crippen molar-refractivity contribution in [3.8, 4) is 0 Å². The van der Waals surface area contributed by atoms with E-state index in [-0.39, 0.29) is 0 Å². The lowest BCUT2D eigenvalue weighted by molar-refractivity contribution is 0.192. The third-order valence-corrected chi connectivity index (χ3v) is 4.94. The van der Waals surface area contributed by atoms with Gasteiger partial charge in [-0.15, -0.1) is 11.3 Å². The first kappa shape index (κ1) is 14.0. The van der Waals surface area contributed by atoms with Gasteiger partial charge in [-0.1, -0.05) is 13.8 Å². The minimum Gasteiger partial charge on any atom is -0.330 e. The van der Waals surface area contributed by atoms with Crippen LogP contribution in [0, 0.1) is 5.92 Å². The van der Waals surface area contributed by atoms with Crippen LogP contribution in [-0.4, -0.2) is 36.1 Å². The van der Waals surface area contributed by atoms with Crippen LogP contribution in [0.2, 0.25) is 0 Å². The summed E-state index contributed by atoms with van der Waals surface area (Å²) in [6.07, 6.45) is 3.82. The molecule has 3 nitrogen and oxygen atoms in total. The largest absolute Gasteiger partial charge is 0.330 e. The number of nitrogens with two attached hydrogens (primary N) is 1. The second-order valence-electron chi connectivity index (χ2n) is 5.38. The first-order valence-electron chi connectivity index (χ1n) is 7.09. The van der Waals surface area contributed by atoms with Gasteiger partial charge in [-0.05, 0) is 38.4 Å². The molecule has 0 aromatic carbocycles. The second kappa shape index (κ2) is 6.64. The number of rotatable bonds is 5. The minimum absolute atomic E-state index is 0.400. The summed E-state index contributed by atoms with van der Waals surface area (Å²) in [5, 5.41) is 3.49. The summed E-state index contributed by atoms with van der Waals surface area (Å²) in [5.74, 6) is 1.23. The van der Waals surface area contributed by atoms with Crippen molar-refractivity contribution < 1.29 is 0 Å². The molecule has 1 aromatic rings. The Hall–Kier alpha value is -0.450. The van der Waals surface area contributed by atoms with Gasteiger partial charge in [-0.25, -0.2) is 4.98 Å². The van der Waals surface area contributed by atoms with E-state index in [0.29, 0.717) is 12.5 Å². The van der Waals surface area contributed by atoms with Crippen LogP contribution in [0.5, 0.6) is 0 Å². The van der Waals surface area contributed by atoms with Gasteiger partial charge in [0.15, 0.2) is 0 Å². The molecule has 4 heteroatoms. The molecule has 0 aliphatic carbocycles. The normalized spacial score (nSPS) is 20.2. The van der Waals surface area contributed by atoms with Crippen molar-refractivity contribution in [2.45, 2.75) is 39.0 Å². The molecule has 2 heterocycles. The Kier molecular flexibility index (Phi) is 5.15. The molecule has 0 amide bonds. The highest BCUT2D eigenvalue weighted by Crippen LogP contribution is 2.25. The highest BCUT2D eigenvalue weighted by atomic mass is 32.1. The van der Waals surface area contributed by atoms with Crippen molar-refractivity contribution >= 4 is 11.3 Å². The Morgan fingerprint density at radius 2 is 2.22 bits per heavy atom. The van der Waals surface area contributed by atoms with E-state index in [2.05, 4.69) is 24.1 Å². The maximum absolute atomic E-state index is 5.69. The summed E-state index contributed by atoms with van der Waals surface area (Å²) >= 11 is 1.81. The Labute approximate surface area is 114 Å². The summed E-state index contributed by atoms with van der Waals surface area (Å²) in [4.78, 5) is 7.28. The van der Waals surface area contributed by atoms with E-state index >= 15 is 0 Å². The molecule has 1 fully saturated rings. The zero-order valence-electron chi connectivity index (χ0n) is 11.6. The van der Waals surface area contributed by atoms with Crippen molar-refractivity contribution in [3.63, 3.8) is 0 Å². The number of hydrogen-bond acceptors (Lipinski definition) is 4. The number of piperidine rings is 1. The van der Waals surface area contributed by atoms with Gasteiger partial charge in [0.25, 0.3) is 0 Å². The molecule has 2 rings (SSSR count). The quantitative estimate of drug-likeness (QED) is 0.891. The van der Waals surface area contributed by atoms with Crippen LogP contribution >= 0.6 is 11.3 Å². The Bertz CT molecular complexity index is 356. The topological polar surface area (TPSA) is 42.2 Å². The second-order valence-corrected chi connectivity index (χ2v) is 6.33. The predicted molar refractivity (Wildman–Crippen MR) is 78.1 cm³/mol. The molecular formula is C14H25N3S. The van der Waals surface area contributed by atoms with Gasteiger partial charge in [-0.3, -0.25) is 0 Å². The minimum atomic E-state index is 0.400. The Morgan fingerprint density at radius 1 is 1.50 bits per heavy atom. The molecule has 1 aliphatic heterocycles. The lowest BCUT2D eigenvalue weighted by Gasteiger charge is -2.30. The maximum Gasteiger partial charge on any atom is 0.0931 e. The van der Waals surface area contributed by atoms with Crippen LogP contribution in [0.3, 0.4) is 0 Å². The first-order chi connectivity index (χ1) is 8.72. The third kappa shape index (κ3) is 3.53.